The van der Waals surface area contributed by atoms with Crippen molar-refractivity contribution in [1.82, 2.24) is 34.8 Å². The number of rotatable bonds is 18. The average Bonchev–Trinajstić information content (AvgIpc) is 3.81. The van der Waals surface area contributed by atoms with Crippen LogP contribution in [-0.2, 0) is 51.8 Å². The van der Waals surface area contributed by atoms with E-state index in [1.165, 1.54) is 6.07 Å². The van der Waals surface area contributed by atoms with Gasteiger partial charge in [0.1, 0.15) is 12.3 Å². The van der Waals surface area contributed by atoms with E-state index in [4.69, 9.17) is 5.11 Å². The van der Waals surface area contributed by atoms with Gasteiger partial charge in [0.05, 0.1) is 35.8 Å². The zero-order chi connectivity index (χ0) is 40.5. The molecule has 0 bridgehead atoms. The number of fused-ring (bicyclic) bond motifs is 2. The number of alkyl halides is 3. The Morgan fingerprint density at radius 1 is 0.807 bits per heavy atom. The van der Waals surface area contributed by atoms with Crippen molar-refractivity contribution < 1.29 is 37.5 Å². The van der Waals surface area contributed by atoms with Gasteiger partial charge in [-0.1, -0.05) is 43.2 Å². The number of hydrogen-bond donors (Lipinski definition) is 2. The molecule has 0 atom stereocenters. The number of amides is 2. The Bertz CT molecular complexity index is 2300. The van der Waals surface area contributed by atoms with E-state index < -0.39 is 24.2 Å². The van der Waals surface area contributed by atoms with E-state index in [1.54, 1.807) is 66.0 Å². The quantitative estimate of drug-likeness (QED) is 0.103. The van der Waals surface area contributed by atoms with E-state index in [9.17, 15) is 37.1 Å². The molecule has 13 nitrogen and oxygen atoms in total. The van der Waals surface area contributed by atoms with E-state index in [0.717, 1.165) is 47.9 Å². The van der Waals surface area contributed by atoms with Crippen molar-refractivity contribution in [2.75, 3.05) is 6.54 Å². The summed E-state index contributed by atoms with van der Waals surface area (Å²) in [5.74, 6) is -1.60. The lowest BCUT2D eigenvalue weighted by atomic mass is 10.0. The van der Waals surface area contributed by atoms with Crippen molar-refractivity contribution in [2.24, 2.45) is 0 Å². The molecule has 57 heavy (non-hydrogen) atoms. The van der Waals surface area contributed by atoms with Crippen molar-refractivity contribution in [3.05, 3.63) is 100 Å². The molecule has 1 aliphatic rings. The van der Waals surface area contributed by atoms with Gasteiger partial charge in [-0.15, -0.1) is 0 Å². The molecular weight excluding hydrogens is 743 g/mol. The second-order valence-corrected chi connectivity index (χ2v) is 14.1. The fraction of sp³-hybridized carbons (Fsp3) is 0.366. The van der Waals surface area contributed by atoms with E-state index >= 15 is 0 Å². The molecule has 0 unspecified atom stereocenters. The van der Waals surface area contributed by atoms with E-state index in [-0.39, 0.29) is 61.0 Å². The Morgan fingerprint density at radius 3 is 2.30 bits per heavy atom. The molecule has 2 N–H and O–H groups in total. The zero-order valence-electron chi connectivity index (χ0n) is 31.1. The second kappa shape index (κ2) is 18.2. The van der Waals surface area contributed by atoms with E-state index in [2.05, 4.69) is 20.5 Å². The largest absolute Gasteiger partial charge is 0.481 e. The van der Waals surface area contributed by atoms with Crippen LogP contribution in [0, 0.1) is 0 Å². The molecule has 1 aliphatic heterocycles. The van der Waals surface area contributed by atoms with E-state index in [1.807, 2.05) is 10.7 Å². The smallest absolute Gasteiger partial charge is 0.408 e. The number of carboxylic acids is 1. The number of aliphatic carboxylic acids is 1. The van der Waals surface area contributed by atoms with Gasteiger partial charge in [-0.05, 0) is 59.4 Å². The molecule has 4 heterocycles. The van der Waals surface area contributed by atoms with Gasteiger partial charge in [-0.2, -0.15) is 23.4 Å². The van der Waals surface area contributed by atoms with Crippen LogP contribution in [0.4, 0.5) is 13.2 Å². The lowest BCUT2D eigenvalue weighted by molar-refractivity contribution is -0.143. The number of benzene rings is 2. The Balaban J connectivity index is 1.06. The van der Waals surface area contributed by atoms with Crippen LogP contribution in [0.25, 0.3) is 33.3 Å². The minimum Gasteiger partial charge on any atom is -0.481 e. The number of ketones is 1. The number of pyridine rings is 1. The SMILES string of the molecule is O=C(O)CCC(=O)CCC(=O)NCCCCCCn1ncc2cc(-c3cc(-c4ccc(CC(=O)N5Cc6ccncc6C5)cc4)nn(CC(F)(F)F)c3=O)ccc21. The lowest BCUT2D eigenvalue weighted by Crippen LogP contribution is -2.31. The van der Waals surface area contributed by atoms with Gasteiger partial charge in [-0.3, -0.25) is 33.6 Å². The van der Waals surface area contributed by atoms with Crippen LogP contribution < -0.4 is 10.9 Å². The Kier molecular flexibility index (Phi) is 12.9. The van der Waals surface area contributed by atoms with Crippen molar-refractivity contribution in [3.63, 3.8) is 0 Å². The third-order valence-electron chi connectivity index (χ3n) is 9.81. The Morgan fingerprint density at radius 2 is 1.54 bits per heavy atom. The maximum absolute atomic E-state index is 13.6. The van der Waals surface area contributed by atoms with Crippen LogP contribution in [0.5, 0.6) is 0 Å². The average molecular weight is 786 g/mol. The van der Waals surface area contributed by atoms with Crippen LogP contribution in [0.15, 0.2) is 78.0 Å². The highest BCUT2D eigenvalue weighted by molar-refractivity contribution is 5.87. The third-order valence-corrected chi connectivity index (χ3v) is 9.81. The molecule has 5 aromatic rings. The zero-order valence-corrected chi connectivity index (χ0v) is 31.1. The summed E-state index contributed by atoms with van der Waals surface area (Å²) in [5, 5.41) is 20.7. The minimum absolute atomic E-state index is 0.0202. The molecule has 6 rings (SSSR count). The number of carboxylic acid groups (broad SMARTS) is 1. The van der Waals surface area contributed by atoms with Gasteiger partial charge in [0, 0.05) is 68.8 Å². The first kappa shape index (κ1) is 40.5. The van der Waals surface area contributed by atoms with Gasteiger partial charge in [-0.25, -0.2) is 4.68 Å². The number of nitrogens with one attached hydrogen (secondary N) is 1. The van der Waals surface area contributed by atoms with E-state index in [0.29, 0.717) is 47.4 Å². The van der Waals surface area contributed by atoms with Gasteiger partial charge < -0.3 is 15.3 Å². The molecule has 0 saturated heterocycles. The summed E-state index contributed by atoms with van der Waals surface area (Å²) >= 11 is 0. The summed E-state index contributed by atoms with van der Waals surface area (Å²) in [5.41, 5.74) is 3.85. The number of aryl methyl sites for hydroxylation is 1. The first-order chi connectivity index (χ1) is 27.3. The maximum atomic E-state index is 13.6. The fourth-order valence-corrected chi connectivity index (χ4v) is 6.76. The van der Waals surface area contributed by atoms with Crippen LogP contribution in [0.3, 0.4) is 0 Å². The lowest BCUT2D eigenvalue weighted by Gasteiger charge is -2.16. The first-order valence-corrected chi connectivity index (χ1v) is 18.8. The van der Waals surface area contributed by atoms with Crippen molar-refractivity contribution >= 4 is 34.5 Å². The summed E-state index contributed by atoms with van der Waals surface area (Å²) in [6, 6.07) is 15.4. The maximum Gasteiger partial charge on any atom is 0.408 e. The van der Waals surface area contributed by atoms with Crippen molar-refractivity contribution in [1.29, 1.82) is 0 Å². The predicted molar refractivity (Wildman–Crippen MR) is 203 cm³/mol. The van der Waals surface area contributed by atoms with Gasteiger partial charge in [0.25, 0.3) is 5.56 Å². The number of carbonyl (C=O) groups is 4. The van der Waals surface area contributed by atoms with Gasteiger partial charge >= 0.3 is 12.1 Å². The van der Waals surface area contributed by atoms with Crippen LogP contribution in [0.2, 0.25) is 0 Å². The fourth-order valence-electron chi connectivity index (χ4n) is 6.76. The molecular formula is C41H42F3N7O6. The van der Waals surface area contributed by atoms with Crippen molar-refractivity contribution in [3.8, 4) is 22.4 Å². The number of Topliss-reactive ketones (excluding diaryl/α,β-unsaturated/α-hetero) is 1. The van der Waals surface area contributed by atoms with Gasteiger partial charge in [0.2, 0.25) is 11.8 Å². The molecule has 0 aliphatic carbocycles. The molecule has 0 radical (unpaired) electrons. The number of aromatic nitrogens is 5. The predicted octanol–water partition coefficient (Wildman–Crippen LogP) is 5.86. The summed E-state index contributed by atoms with van der Waals surface area (Å²) in [6.07, 6.45) is 3.56. The van der Waals surface area contributed by atoms with Crippen LogP contribution in [-0.4, -0.2) is 70.8 Å². The topological polar surface area (TPSA) is 169 Å². The molecule has 2 amide bonds. The van der Waals surface area contributed by atoms with Crippen LogP contribution >= 0.6 is 0 Å². The molecule has 298 valence electrons. The van der Waals surface area contributed by atoms with Crippen LogP contribution in [0.1, 0.15) is 68.1 Å². The molecule has 2 aromatic carbocycles. The van der Waals surface area contributed by atoms with Gasteiger partial charge in [0.15, 0.2) is 0 Å². The summed E-state index contributed by atoms with van der Waals surface area (Å²) in [4.78, 5) is 66.5. The number of hydrogen-bond acceptors (Lipinski definition) is 8. The molecule has 0 fully saturated rings. The molecule has 0 spiro atoms. The summed E-state index contributed by atoms with van der Waals surface area (Å²) < 4.78 is 43.1. The molecule has 16 heteroatoms. The number of carbonyl (C=O) groups excluding carboxylic acids is 3. The monoisotopic (exact) mass is 785 g/mol. The first-order valence-electron chi connectivity index (χ1n) is 18.8. The Labute approximate surface area is 325 Å². The molecule has 3 aromatic heterocycles. The molecule has 0 saturated carbocycles. The normalized spacial score (nSPS) is 12.5. The second-order valence-electron chi connectivity index (χ2n) is 14.1. The highest BCUT2D eigenvalue weighted by atomic mass is 19.4. The number of halogens is 3. The summed E-state index contributed by atoms with van der Waals surface area (Å²) in [6.45, 7) is 0.510. The minimum atomic E-state index is -4.69. The highest BCUT2D eigenvalue weighted by Crippen LogP contribution is 2.28. The Hall–Kier alpha value is -6.19. The summed E-state index contributed by atoms with van der Waals surface area (Å²) in [7, 11) is 0. The third kappa shape index (κ3) is 11.0. The standard InChI is InChI=1S/C41H42F3N7O6/c42-41(43,44)26-51-40(57)34(21-35(48-51)28-7-5-27(6-8-28)19-38(54)49-24-30-15-17-45-22-32(30)25-49)29-9-12-36-31(20-29)23-47-50(36)18-4-2-1-3-16-46-37(53)13-10-33(52)11-14-39(55)56/h5-9,12,15,17,20-23H,1-4,10-11,13-14,16,18-19,24-26H2,(H,46,53)(H,55,56). The highest BCUT2D eigenvalue weighted by Gasteiger charge is 2.30. The van der Waals surface area contributed by atoms with Crippen molar-refractivity contribution in [2.45, 2.75) is 90.1 Å². The number of unbranched alkanes of at least 4 members (excludes halogenated alkanes) is 3. The number of nitrogens with zero attached hydrogens (tertiary/aromatic N) is 6.